The molecule has 2 fully saturated rings. The number of hydrogen-bond donors (Lipinski definition) is 0. The van der Waals surface area contributed by atoms with Crippen LogP contribution in [-0.2, 0) is 16.6 Å². The van der Waals surface area contributed by atoms with Crippen LogP contribution in [0.25, 0.3) is 0 Å². The number of rotatable bonds is 3. The maximum atomic E-state index is 11.7. The van der Waals surface area contributed by atoms with E-state index in [4.69, 9.17) is 4.42 Å². The Bertz CT molecular complexity index is 526. The van der Waals surface area contributed by atoms with E-state index in [9.17, 15) is 8.42 Å². The lowest BCUT2D eigenvalue weighted by molar-refractivity contribution is 0.117. The summed E-state index contributed by atoms with van der Waals surface area (Å²) in [7, 11) is -3.06. The van der Waals surface area contributed by atoms with Gasteiger partial charge in [-0.3, -0.25) is 4.90 Å². The Hall–Kier alpha value is -0.850. The van der Waals surface area contributed by atoms with E-state index in [1.54, 1.807) is 16.8 Å². The molecule has 0 saturated carbocycles. The fourth-order valence-electron chi connectivity index (χ4n) is 3.32. The lowest BCUT2D eigenvalue weighted by atomic mass is 9.92. The molecule has 3 rings (SSSR count). The molecule has 6 heteroatoms. The predicted octanol–water partition coefficient (Wildman–Crippen LogP) is 1.14. The number of hydrogen-bond acceptors (Lipinski definition) is 4. The Labute approximate surface area is 114 Å². The molecule has 0 N–H and O–H groups in total. The van der Waals surface area contributed by atoms with Crippen LogP contribution in [0, 0.1) is 5.92 Å². The lowest BCUT2D eigenvalue weighted by Crippen LogP contribution is -2.44. The average Bonchev–Trinajstić information content (AvgIpc) is 2.96. The number of piperidine rings is 1. The Morgan fingerprint density at radius 3 is 2.95 bits per heavy atom. The minimum absolute atomic E-state index is 0.360. The van der Waals surface area contributed by atoms with Crippen molar-refractivity contribution in [2.75, 3.05) is 25.9 Å². The van der Waals surface area contributed by atoms with Gasteiger partial charge in [-0.2, -0.15) is 0 Å². The number of furan rings is 1. The van der Waals surface area contributed by atoms with E-state index in [2.05, 4.69) is 4.90 Å². The summed E-state index contributed by atoms with van der Waals surface area (Å²) < 4.78 is 30.1. The summed E-state index contributed by atoms with van der Waals surface area (Å²) in [5.41, 5.74) is 1.17. The van der Waals surface area contributed by atoms with E-state index in [-0.39, 0.29) is 0 Å². The van der Waals surface area contributed by atoms with Gasteiger partial charge in [0.05, 0.1) is 18.8 Å². The molecule has 0 aromatic carbocycles. The molecule has 0 spiro atoms. The molecule has 0 radical (unpaired) electrons. The zero-order valence-corrected chi connectivity index (χ0v) is 12.0. The monoisotopic (exact) mass is 284 g/mol. The molecule has 0 aliphatic carbocycles. The second-order valence-corrected chi connectivity index (χ2v) is 7.63. The molecule has 19 heavy (non-hydrogen) atoms. The molecule has 5 nitrogen and oxygen atoms in total. The summed E-state index contributed by atoms with van der Waals surface area (Å²) in [4.78, 5) is 2.41. The molecule has 1 aromatic rings. The quantitative estimate of drug-likeness (QED) is 0.835. The van der Waals surface area contributed by atoms with Gasteiger partial charge in [0.2, 0.25) is 10.0 Å². The lowest BCUT2D eigenvalue weighted by Gasteiger charge is -2.36. The van der Waals surface area contributed by atoms with E-state index in [0.717, 1.165) is 25.9 Å². The fraction of sp³-hybridized carbons (Fsp3) is 0.692. The van der Waals surface area contributed by atoms with Crippen LogP contribution in [0.2, 0.25) is 0 Å². The second kappa shape index (κ2) is 4.92. The van der Waals surface area contributed by atoms with Crippen molar-refractivity contribution in [3.8, 4) is 0 Å². The number of sulfonamides is 1. The number of likely N-dealkylation sites (tertiary alicyclic amines) is 1. The van der Waals surface area contributed by atoms with Gasteiger partial charge in [-0.25, -0.2) is 12.7 Å². The third-order valence-electron chi connectivity index (χ3n) is 4.30. The summed E-state index contributed by atoms with van der Waals surface area (Å²) in [5.74, 6) is 0.482. The molecule has 1 aromatic heterocycles. The third-order valence-corrected chi connectivity index (χ3v) is 5.53. The zero-order chi connectivity index (χ0) is 13.5. The smallest absolute Gasteiger partial charge is 0.211 e. The van der Waals surface area contributed by atoms with Crippen LogP contribution >= 0.6 is 0 Å². The first kappa shape index (κ1) is 13.1. The van der Waals surface area contributed by atoms with Crippen molar-refractivity contribution in [1.29, 1.82) is 0 Å². The predicted molar refractivity (Wildman–Crippen MR) is 72.0 cm³/mol. The van der Waals surface area contributed by atoms with Crippen molar-refractivity contribution in [3.05, 3.63) is 24.2 Å². The van der Waals surface area contributed by atoms with Gasteiger partial charge in [-0.05, 0) is 31.4 Å². The number of fused-ring (bicyclic) bond motifs is 1. The Morgan fingerprint density at radius 2 is 2.26 bits per heavy atom. The van der Waals surface area contributed by atoms with E-state index >= 15 is 0 Å². The summed E-state index contributed by atoms with van der Waals surface area (Å²) in [5, 5.41) is 0. The van der Waals surface area contributed by atoms with Crippen molar-refractivity contribution >= 4 is 10.0 Å². The van der Waals surface area contributed by atoms with Gasteiger partial charge in [0.1, 0.15) is 0 Å². The van der Waals surface area contributed by atoms with Crippen molar-refractivity contribution in [2.45, 2.75) is 25.4 Å². The maximum absolute atomic E-state index is 11.7. The van der Waals surface area contributed by atoms with E-state index in [1.807, 2.05) is 6.07 Å². The number of nitrogens with zero attached hydrogens (tertiary/aromatic N) is 2. The molecule has 2 aliphatic rings. The van der Waals surface area contributed by atoms with Gasteiger partial charge in [0.25, 0.3) is 0 Å². The Kier molecular flexibility index (Phi) is 3.41. The molecule has 2 atom stereocenters. The first-order valence-corrected chi connectivity index (χ1v) is 8.59. The molecule has 0 bridgehead atoms. The highest BCUT2D eigenvalue weighted by atomic mass is 32.2. The van der Waals surface area contributed by atoms with Gasteiger partial charge >= 0.3 is 0 Å². The van der Waals surface area contributed by atoms with Crippen LogP contribution in [0.4, 0.5) is 0 Å². The zero-order valence-electron chi connectivity index (χ0n) is 11.2. The molecule has 2 aliphatic heterocycles. The van der Waals surface area contributed by atoms with E-state index in [1.165, 1.54) is 11.8 Å². The molecule has 0 unspecified atom stereocenters. The molecule has 2 saturated heterocycles. The first-order chi connectivity index (χ1) is 9.04. The Morgan fingerprint density at radius 1 is 1.42 bits per heavy atom. The fourth-order valence-corrected chi connectivity index (χ4v) is 4.21. The van der Waals surface area contributed by atoms with Crippen LogP contribution in [0.3, 0.4) is 0 Å². The normalized spacial score (nSPS) is 29.5. The molecule has 0 amide bonds. The largest absolute Gasteiger partial charge is 0.472 e. The second-order valence-electron chi connectivity index (χ2n) is 5.65. The standard InChI is InChI=1S/C13H20N2O3S/c1-19(16,17)15-8-12-3-2-5-14(13(12)9-15)7-11-4-6-18-10-11/h4,6,10,12-13H,2-3,5,7-9H2,1H3/t12-,13+/m0/s1. The summed E-state index contributed by atoms with van der Waals surface area (Å²) in [6, 6.07) is 2.34. The highest BCUT2D eigenvalue weighted by molar-refractivity contribution is 7.88. The SMILES string of the molecule is CS(=O)(=O)N1C[C@@H]2CCCN(Cc3ccoc3)[C@@H]2C1. The minimum atomic E-state index is -3.06. The summed E-state index contributed by atoms with van der Waals surface area (Å²) in [6.45, 7) is 3.23. The van der Waals surface area contributed by atoms with Crippen molar-refractivity contribution in [2.24, 2.45) is 5.92 Å². The van der Waals surface area contributed by atoms with Crippen molar-refractivity contribution < 1.29 is 12.8 Å². The van der Waals surface area contributed by atoms with Crippen molar-refractivity contribution in [3.63, 3.8) is 0 Å². The van der Waals surface area contributed by atoms with Crippen molar-refractivity contribution in [1.82, 2.24) is 9.21 Å². The van der Waals surface area contributed by atoms with Gasteiger partial charge in [0.15, 0.2) is 0 Å². The highest BCUT2D eigenvalue weighted by Gasteiger charge is 2.41. The maximum Gasteiger partial charge on any atom is 0.211 e. The molecular formula is C13H20N2O3S. The molecule has 3 heterocycles. The highest BCUT2D eigenvalue weighted by Crippen LogP contribution is 2.32. The topological polar surface area (TPSA) is 53.8 Å². The molecular weight excluding hydrogens is 264 g/mol. The summed E-state index contributed by atoms with van der Waals surface area (Å²) in [6.07, 6.45) is 7.06. The van der Waals surface area contributed by atoms with Gasteiger partial charge in [0, 0.05) is 31.2 Å². The Balaban J connectivity index is 1.73. The van der Waals surface area contributed by atoms with Crippen LogP contribution in [0.15, 0.2) is 23.0 Å². The van der Waals surface area contributed by atoms with Gasteiger partial charge in [-0.15, -0.1) is 0 Å². The van der Waals surface area contributed by atoms with Gasteiger partial charge < -0.3 is 4.42 Å². The minimum Gasteiger partial charge on any atom is -0.472 e. The first-order valence-electron chi connectivity index (χ1n) is 6.74. The van der Waals surface area contributed by atoms with Crippen LogP contribution < -0.4 is 0 Å². The van der Waals surface area contributed by atoms with Gasteiger partial charge in [-0.1, -0.05) is 0 Å². The average molecular weight is 284 g/mol. The molecule has 106 valence electrons. The van der Waals surface area contributed by atoms with Crippen LogP contribution in [0.5, 0.6) is 0 Å². The summed E-state index contributed by atoms with van der Waals surface area (Å²) >= 11 is 0. The van der Waals surface area contributed by atoms with Crippen LogP contribution in [-0.4, -0.2) is 49.6 Å². The van der Waals surface area contributed by atoms with E-state index < -0.39 is 10.0 Å². The van der Waals surface area contributed by atoms with E-state index in [0.29, 0.717) is 25.0 Å². The van der Waals surface area contributed by atoms with Crippen LogP contribution in [0.1, 0.15) is 18.4 Å². The third kappa shape index (κ3) is 2.70.